The van der Waals surface area contributed by atoms with Gasteiger partial charge in [0.1, 0.15) is 16.5 Å². The number of nitrogens with one attached hydrogen (secondary N) is 1. The quantitative estimate of drug-likeness (QED) is 0.794. The third-order valence-electron chi connectivity index (χ3n) is 4.24. The van der Waals surface area contributed by atoms with E-state index in [1.54, 1.807) is 18.2 Å². The van der Waals surface area contributed by atoms with Crippen molar-refractivity contribution in [3.63, 3.8) is 0 Å². The largest absolute Gasteiger partial charge is 0.476 e. The van der Waals surface area contributed by atoms with Gasteiger partial charge in [-0.2, -0.15) is 10.2 Å². The van der Waals surface area contributed by atoms with Gasteiger partial charge >= 0.3 is 0 Å². The van der Waals surface area contributed by atoms with Gasteiger partial charge in [-0.1, -0.05) is 25.0 Å². The number of nitrogens with zero attached hydrogens (tertiary/aromatic N) is 3. The van der Waals surface area contributed by atoms with Crippen LogP contribution in [-0.2, 0) is 10.0 Å². The number of nitriles is 1. The maximum atomic E-state index is 11.7. The molecule has 3 N–H and O–H groups in total. The Morgan fingerprint density at radius 3 is 2.73 bits per heavy atom. The zero-order valence-corrected chi connectivity index (χ0v) is 14.9. The minimum absolute atomic E-state index is 0.0682. The zero-order valence-electron chi connectivity index (χ0n) is 14.1. The van der Waals surface area contributed by atoms with Gasteiger partial charge in [-0.05, 0) is 30.9 Å². The predicted molar refractivity (Wildman–Crippen MR) is 95.3 cm³/mol. The second-order valence-corrected chi connectivity index (χ2v) is 7.68. The normalized spacial score (nSPS) is 14.8. The highest BCUT2D eigenvalue weighted by atomic mass is 32.2. The van der Waals surface area contributed by atoms with Crippen molar-refractivity contribution < 1.29 is 13.2 Å². The molecule has 0 spiro atoms. The molecular weight excluding hydrogens is 354 g/mol. The summed E-state index contributed by atoms with van der Waals surface area (Å²) in [6.07, 6.45) is 5.96. The summed E-state index contributed by atoms with van der Waals surface area (Å²) < 4.78 is 29.1. The van der Waals surface area contributed by atoms with Gasteiger partial charge in [-0.25, -0.2) is 18.5 Å². The Kier molecular flexibility index (Phi) is 5.35. The molecule has 0 bridgehead atoms. The Bertz CT molecular complexity index is 934. The molecule has 26 heavy (non-hydrogen) atoms. The first kappa shape index (κ1) is 18.1. The molecule has 3 rings (SSSR count). The molecule has 1 aromatic carbocycles. The number of benzene rings is 1. The third-order valence-corrected chi connectivity index (χ3v) is 5.21. The van der Waals surface area contributed by atoms with Crippen molar-refractivity contribution in [3.8, 4) is 11.9 Å². The molecule has 9 heteroatoms. The summed E-state index contributed by atoms with van der Waals surface area (Å²) in [4.78, 5) is 8.20. The first-order valence-corrected chi connectivity index (χ1v) is 9.81. The van der Waals surface area contributed by atoms with E-state index in [1.165, 1.54) is 25.1 Å². The maximum Gasteiger partial charge on any atom is 0.240 e. The van der Waals surface area contributed by atoms with Crippen LogP contribution in [0.25, 0.3) is 0 Å². The van der Waals surface area contributed by atoms with Crippen LogP contribution in [0, 0.1) is 17.2 Å². The molecule has 1 saturated carbocycles. The second kappa shape index (κ2) is 7.68. The monoisotopic (exact) mass is 373 g/mol. The Balaban J connectivity index is 1.83. The van der Waals surface area contributed by atoms with Gasteiger partial charge < -0.3 is 10.1 Å². The van der Waals surface area contributed by atoms with Crippen molar-refractivity contribution in [1.29, 1.82) is 5.26 Å². The molecule has 1 aliphatic rings. The van der Waals surface area contributed by atoms with E-state index in [0.29, 0.717) is 12.5 Å². The predicted octanol–water partition coefficient (Wildman–Crippen LogP) is 2.31. The van der Waals surface area contributed by atoms with Gasteiger partial charge in [0.05, 0.1) is 18.5 Å². The van der Waals surface area contributed by atoms with E-state index < -0.39 is 10.0 Å². The molecule has 0 unspecified atom stereocenters. The van der Waals surface area contributed by atoms with Gasteiger partial charge in [-0.3, -0.25) is 0 Å². The van der Waals surface area contributed by atoms with Crippen LogP contribution in [-0.4, -0.2) is 25.0 Å². The number of nitrogens with two attached hydrogens (primary N) is 1. The Hall–Kier alpha value is -2.70. The van der Waals surface area contributed by atoms with Gasteiger partial charge in [0.2, 0.25) is 21.9 Å². The number of rotatable bonds is 6. The van der Waals surface area contributed by atoms with Crippen LogP contribution in [0.1, 0.15) is 31.2 Å². The first-order chi connectivity index (χ1) is 12.5. The van der Waals surface area contributed by atoms with Crippen molar-refractivity contribution in [2.24, 2.45) is 11.1 Å². The van der Waals surface area contributed by atoms with Crippen LogP contribution in [0.2, 0.25) is 0 Å². The number of primary sulfonamides is 1. The summed E-state index contributed by atoms with van der Waals surface area (Å²) in [5, 5.41) is 17.3. The van der Waals surface area contributed by atoms with E-state index >= 15 is 0 Å². The van der Waals surface area contributed by atoms with E-state index in [-0.39, 0.29) is 28.0 Å². The average molecular weight is 373 g/mol. The zero-order chi connectivity index (χ0) is 18.6. The smallest absolute Gasteiger partial charge is 0.240 e. The number of anilines is 2. The SMILES string of the molecule is N#Cc1cnc(Nc2ccccc2S(N)(=O)=O)nc1OCC1CCCC1. The Morgan fingerprint density at radius 2 is 2.04 bits per heavy atom. The lowest BCUT2D eigenvalue weighted by atomic mass is 10.1. The average Bonchev–Trinajstić information content (AvgIpc) is 3.13. The summed E-state index contributed by atoms with van der Waals surface area (Å²) in [5.41, 5.74) is 0.481. The van der Waals surface area contributed by atoms with Gasteiger partial charge in [0.15, 0.2) is 0 Å². The van der Waals surface area contributed by atoms with E-state index in [1.807, 2.05) is 6.07 Å². The number of ether oxygens (including phenoxy) is 1. The van der Waals surface area contributed by atoms with E-state index in [4.69, 9.17) is 9.88 Å². The summed E-state index contributed by atoms with van der Waals surface area (Å²) in [5.74, 6) is 0.780. The molecule has 1 aliphatic carbocycles. The van der Waals surface area contributed by atoms with Crippen molar-refractivity contribution >= 4 is 21.7 Å². The fraction of sp³-hybridized carbons (Fsp3) is 0.353. The van der Waals surface area contributed by atoms with Crippen LogP contribution in [0.4, 0.5) is 11.6 Å². The summed E-state index contributed by atoms with van der Waals surface area (Å²) in [6.45, 7) is 0.499. The van der Waals surface area contributed by atoms with Gasteiger partial charge in [-0.15, -0.1) is 0 Å². The second-order valence-electron chi connectivity index (χ2n) is 6.15. The van der Waals surface area contributed by atoms with E-state index in [9.17, 15) is 13.7 Å². The highest BCUT2D eigenvalue weighted by Gasteiger charge is 2.18. The minimum Gasteiger partial charge on any atom is -0.476 e. The lowest BCUT2D eigenvalue weighted by molar-refractivity contribution is 0.243. The molecule has 0 atom stereocenters. The van der Waals surface area contributed by atoms with Crippen LogP contribution in [0.3, 0.4) is 0 Å². The molecule has 0 amide bonds. The summed E-state index contributed by atoms with van der Waals surface area (Å²) in [6, 6.07) is 8.18. The molecule has 8 nitrogen and oxygen atoms in total. The van der Waals surface area contributed by atoms with Crippen molar-refractivity contribution in [2.45, 2.75) is 30.6 Å². The topological polar surface area (TPSA) is 131 Å². The molecule has 0 saturated heterocycles. The third kappa shape index (κ3) is 4.28. The van der Waals surface area contributed by atoms with Crippen LogP contribution < -0.4 is 15.2 Å². The number of para-hydroxylation sites is 1. The fourth-order valence-corrected chi connectivity index (χ4v) is 3.62. The highest BCUT2D eigenvalue weighted by molar-refractivity contribution is 7.89. The van der Waals surface area contributed by atoms with Crippen LogP contribution >= 0.6 is 0 Å². The number of hydrogen-bond donors (Lipinski definition) is 2. The molecule has 1 heterocycles. The molecule has 136 valence electrons. The molecule has 2 aromatic rings. The lowest BCUT2D eigenvalue weighted by Gasteiger charge is -2.13. The van der Waals surface area contributed by atoms with Crippen LogP contribution in [0.5, 0.6) is 5.88 Å². The summed E-state index contributed by atoms with van der Waals surface area (Å²) >= 11 is 0. The highest BCUT2D eigenvalue weighted by Crippen LogP contribution is 2.27. The summed E-state index contributed by atoms with van der Waals surface area (Å²) in [7, 11) is -3.90. The Labute approximate surface area is 152 Å². The van der Waals surface area contributed by atoms with Crippen molar-refractivity contribution in [3.05, 3.63) is 36.0 Å². The number of sulfonamides is 1. The molecule has 1 fully saturated rings. The standard InChI is InChI=1S/C17H19N5O3S/c18-9-13-10-20-17(22-16(13)25-11-12-5-1-2-6-12)21-14-7-3-4-8-15(14)26(19,23)24/h3-4,7-8,10,12H,1-2,5-6,11H2,(H2,19,23,24)(H,20,21,22). The van der Waals surface area contributed by atoms with Gasteiger partial charge in [0.25, 0.3) is 0 Å². The van der Waals surface area contributed by atoms with E-state index in [2.05, 4.69) is 15.3 Å². The van der Waals surface area contributed by atoms with Crippen LogP contribution in [0.15, 0.2) is 35.4 Å². The van der Waals surface area contributed by atoms with Gasteiger partial charge in [0, 0.05) is 0 Å². The fourth-order valence-electron chi connectivity index (χ4n) is 2.93. The molecule has 0 radical (unpaired) electrons. The molecule has 0 aliphatic heterocycles. The Morgan fingerprint density at radius 1 is 1.31 bits per heavy atom. The molecule has 1 aromatic heterocycles. The minimum atomic E-state index is -3.90. The maximum absolute atomic E-state index is 11.7. The van der Waals surface area contributed by atoms with E-state index in [0.717, 1.165) is 12.8 Å². The first-order valence-electron chi connectivity index (χ1n) is 8.26. The number of aromatic nitrogens is 2. The lowest BCUT2D eigenvalue weighted by Crippen LogP contribution is -2.15. The molecular formula is C17H19N5O3S. The number of hydrogen-bond acceptors (Lipinski definition) is 7. The van der Waals surface area contributed by atoms with Crippen molar-refractivity contribution in [1.82, 2.24) is 9.97 Å². The van der Waals surface area contributed by atoms with Crippen molar-refractivity contribution in [2.75, 3.05) is 11.9 Å².